The van der Waals surface area contributed by atoms with Gasteiger partial charge in [0, 0.05) is 30.1 Å². The molecule has 0 radical (unpaired) electrons. The van der Waals surface area contributed by atoms with Crippen LogP contribution in [-0.4, -0.2) is 36.0 Å². The fourth-order valence-electron chi connectivity index (χ4n) is 2.03. The molecule has 17 heavy (non-hydrogen) atoms. The second-order valence-electron chi connectivity index (χ2n) is 4.39. The maximum Gasteiger partial charge on any atom is 0.264 e. The van der Waals surface area contributed by atoms with Crippen LogP contribution in [0, 0.1) is 6.92 Å². The highest BCUT2D eigenvalue weighted by Crippen LogP contribution is 2.20. The van der Waals surface area contributed by atoms with Crippen LogP contribution in [0.4, 0.5) is 0 Å². The van der Waals surface area contributed by atoms with E-state index in [1.54, 1.807) is 11.3 Å². The lowest BCUT2D eigenvalue weighted by Crippen LogP contribution is -2.57. The first kappa shape index (κ1) is 14.5. The summed E-state index contributed by atoms with van der Waals surface area (Å²) in [5.74, 6) is 0.180. The first-order valence-corrected chi connectivity index (χ1v) is 6.52. The minimum Gasteiger partial charge on any atom is -0.332 e. The summed E-state index contributed by atoms with van der Waals surface area (Å²) >= 11 is 1.58. The van der Waals surface area contributed by atoms with Gasteiger partial charge in [-0.2, -0.15) is 0 Å². The Labute approximate surface area is 113 Å². The molecule has 2 heterocycles. The molecule has 2 rings (SSSR count). The van der Waals surface area contributed by atoms with E-state index in [4.69, 9.17) is 0 Å². The van der Waals surface area contributed by atoms with E-state index in [0.717, 1.165) is 18.0 Å². The van der Waals surface area contributed by atoms with Crippen molar-refractivity contribution in [3.8, 4) is 0 Å². The topological polar surface area (TPSA) is 32.3 Å². The van der Waals surface area contributed by atoms with Crippen molar-refractivity contribution in [2.24, 2.45) is 0 Å². The van der Waals surface area contributed by atoms with E-state index in [1.807, 2.05) is 24.0 Å². The molecule has 1 fully saturated rings. The van der Waals surface area contributed by atoms with Crippen LogP contribution in [0.15, 0.2) is 12.1 Å². The highest BCUT2D eigenvalue weighted by Gasteiger charge is 2.29. The van der Waals surface area contributed by atoms with Crippen LogP contribution in [0.3, 0.4) is 0 Å². The minimum absolute atomic E-state index is 0. The molecule has 1 N–H and O–H groups in total. The number of piperazine rings is 1. The van der Waals surface area contributed by atoms with Crippen LogP contribution in [0.2, 0.25) is 0 Å². The Balaban J connectivity index is 0.00000144. The summed E-state index contributed by atoms with van der Waals surface area (Å²) in [6.07, 6.45) is 0. The molecule has 3 nitrogen and oxygen atoms in total. The van der Waals surface area contributed by atoms with Gasteiger partial charge in [0.25, 0.3) is 5.91 Å². The van der Waals surface area contributed by atoms with Gasteiger partial charge < -0.3 is 10.2 Å². The maximum absolute atomic E-state index is 12.3. The molecule has 1 aliphatic heterocycles. The number of hydrogen-bond donors (Lipinski definition) is 1. The number of thiophene rings is 1. The average molecular weight is 275 g/mol. The van der Waals surface area contributed by atoms with Gasteiger partial charge in [0.15, 0.2) is 0 Å². The average Bonchev–Trinajstić information content (AvgIpc) is 2.68. The van der Waals surface area contributed by atoms with Crippen LogP contribution >= 0.6 is 23.7 Å². The molecule has 1 aromatic rings. The summed E-state index contributed by atoms with van der Waals surface area (Å²) in [6.45, 7) is 7.97. The van der Waals surface area contributed by atoms with Crippen molar-refractivity contribution >= 4 is 29.7 Å². The van der Waals surface area contributed by atoms with Gasteiger partial charge in [0.2, 0.25) is 0 Å². The monoisotopic (exact) mass is 274 g/mol. The van der Waals surface area contributed by atoms with Crippen molar-refractivity contribution in [2.45, 2.75) is 32.9 Å². The summed E-state index contributed by atoms with van der Waals surface area (Å²) in [5, 5.41) is 3.38. The largest absolute Gasteiger partial charge is 0.332 e. The molecular formula is C12H19ClN2OS. The number of nitrogens with zero attached hydrogens (tertiary/aromatic N) is 1. The lowest BCUT2D eigenvalue weighted by atomic mass is 10.1. The number of halogens is 1. The number of rotatable bonds is 1. The third-order valence-corrected chi connectivity index (χ3v) is 4.23. The Morgan fingerprint density at radius 1 is 1.47 bits per heavy atom. The van der Waals surface area contributed by atoms with Crippen molar-refractivity contribution in [3.05, 3.63) is 21.9 Å². The molecule has 0 aliphatic carbocycles. The standard InChI is InChI=1S/C12H18N2OS.ClH/c1-8-4-5-11(16-8)12(15)14-7-6-13-9(2)10(14)3;/h4-5,9-10,13H,6-7H2,1-3H3;1H. The van der Waals surface area contributed by atoms with Crippen molar-refractivity contribution in [1.82, 2.24) is 10.2 Å². The highest BCUT2D eigenvalue weighted by molar-refractivity contribution is 7.13. The number of carbonyl (C=O) groups is 1. The highest BCUT2D eigenvalue weighted by atomic mass is 35.5. The van der Waals surface area contributed by atoms with Gasteiger partial charge in [0.1, 0.15) is 0 Å². The van der Waals surface area contributed by atoms with E-state index >= 15 is 0 Å². The lowest BCUT2D eigenvalue weighted by Gasteiger charge is -2.38. The SMILES string of the molecule is Cc1ccc(C(=O)N2CCNC(C)C2C)s1.Cl. The molecule has 1 aliphatic rings. The predicted octanol–water partition coefficient (Wildman–Crippen LogP) is 2.30. The second kappa shape index (κ2) is 5.85. The molecule has 1 aromatic heterocycles. The van der Waals surface area contributed by atoms with Crippen LogP contribution < -0.4 is 5.32 Å². The molecule has 5 heteroatoms. The summed E-state index contributed by atoms with van der Waals surface area (Å²) < 4.78 is 0. The van der Waals surface area contributed by atoms with Crippen LogP contribution in [-0.2, 0) is 0 Å². The Kier molecular flexibility index (Phi) is 4.98. The molecule has 2 atom stereocenters. The molecule has 2 unspecified atom stereocenters. The summed E-state index contributed by atoms with van der Waals surface area (Å²) in [6, 6.07) is 4.58. The molecule has 1 amide bonds. The van der Waals surface area contributed by atoms with E-state index in [1.165, 1.54) is 4.88 Å². The maximum atomic E-state index is 12.3. The number of amides is 1. The lowest BCUT2D eigenvalue weighted by molar-refractivity contribution is 0.0608. The minimum atomic E-state index is 0. The number of aryl methyl sites for hydroxylation is 1. The van der Waals surface area contributed by atoms with Gasteiger partial charge in [-0.3, -0.25) is 4.79 Å². The quantitative estimate of drug-likeness (QED) is 0.852. The zero-order valence-electron chi connectivity index (χ0n) is 10.4. The van der Waals surface area contributed by atoms with E-state index < -0.39 is 0 Å². The van der Waals surface area contributed by atoms with E-state index in [2.05, 4.69) is 19.2 Å². The Morgan fingerprint density at radius 3 is 2.76 bits per heavy atom. The zero-order chi connectivity index (χ0) is 11.7. The van der Waals surface area contributed by atoms with Crippen molar-refractivity contribution in [3.63, 3.8) is 0 Å². The van der Waals surface area contributed by atoms with Crippen LogP contribution in [0.25, 0.3) is 0 Å². The van der Waals surface area contributed by atoms with Gasteiger partial charge in [0.05, 0.1) is 4.88 Å². The molecule has 0 bridgehead atoms. The first-order chi connectivity index (χ1) is 7.59. The van der Waals surface area contributed by atoms with Gasteiger partial charge in [-0.1, -0.05) is 0 Å². The predicted molar refractivity (Wildman–Crippen MR) is 74.3 cm³/mol. The number of nitrogens with one attached hydrogen (secondary N) is 1. The van der Waals surface area contributed by atoms with Gasteiger partial charge in [-0.05, 0) is 32.9 Å². The Morgan fingerprint density at radius 2 is 2.18 bits per heavy atom. The first-order valence-electron chi connectivity index (χ1n) is 5.70. The third kappa shape index (κ3) is 3.00. The normalized spacial score (nSPS) is 24.3. The van der Waals surface area contributed by atoms with Gasteiger partial charge in [-0.25, -0.2) is 0 Å². The molecule has 0 spiro atoms. The van der Waals surface area contributed by atoms with E-state index in [-0.39, 0.29) is 24.4 Å². The van der Waals surface area contributed by atoms with Crippen molar-refractivity contribution in [1.29, 1.82) is 0 Å². The molecule has 0 aromatic carbocycles. The van der Waals surface area contributed by atoms with E-state index in [0.29, 0.717) is 6.04 Å². The third-order valence-electron chi connectivity index (χ3n) is 3.25. The summed E-state index contributed by atoms with van der Waals surface area (Å²) in [4.78, 5) is 16.3. The number of hydrogen-bond acceptors (Lipinski definition) is 3. The molecule has 0 saturated carbocycles. The van der Waals surface area contributed by atoms with Gasteiger partial charge >= 0.3 is 0 Å². The number of carbonyl (C=O) groups excluding carboxylic acids is 1. The van der Waals surface area contributed by atoms with Gasteiger partial charge in [-0.15, -0.1) is 23.7 Å². The Bertz CT molecular complexity index is 394. The fourth-order valence-corrected chi connectivity index (χ4v) is 2.86. The molecule has 96 valence electrons. The zero-order valence-corrected chi connectivity index (χ0v) is 12.0. The van der Waals surface area contributed by atoms with Crippen LogP contribution in [0.5, 0.6) is 0 Å². The fraction of sp³-hybridized carbons (Fsp3) is 0.583. The van der Waals surface area contributed by atoms with E-state index in [9.17, 15) is 4.79 Å². The molecular weight excluding hydrogens is 256 g/mol. The van der Waals surface area contributed by atoms with Crippen molar-refractivity contribution in [2.75, 3.05) is 13.1 Å². The van der Waals surface area contributed by atoms with Crippen molar-refractivity contribution < 1.29 is 4.79 Å². The smallest absolute Gasteiger partial charge is 0.264 e. The second-order valence-corrected chi connectivity index (χ2v) is 5.68. The molecule has 1 saturated heterocycles. The summed E-state index contributed by atoms with van der Waals surface area (Å²) in [5.41, 5.74) is 0. The van der Waals surface area contributed by atoms with Crippen LogP contribution in [0.1, 0.15) is 28.4 Å². The summed E-state index contributed by atoms with van der Waals surface area (Å²) in [7, 11) is 0. The Hall–Kier alpha value is -0.580.